The zero-order chi connectivity index (χ0) is 24.9. The van der Waals surface area contributed by atoms with Crippen molar-refractivity contribution in [1.29, 1.82) is 0 Å². The first-order valence-corrected chi connectivity index (χ1v) is 12.3. The molecule has 186 valence electrons. The molecule has 1 amide bonds. The molecule has 4 rings (SSSR count). The molecule has 2 heterocycles. The lowest BCUT2D eigenvalue weighted by molar-refractivity contribution is -0.140. The van der Waals surface area contributed by atoms with Crippen LogP contribution in [0.3, 0.4) is 0 Å². The first-order valence-electron chi connectivity index (χ1n) is 12.3. The Morgan fingerprint density at radius 2 is 1.77 bits per heavy atom. The van der Waals surface area contributed by atoms with Gasteiger partial charge in [-0.05, 0) is 49.6 Å². The molecule has 0 aromatic heterocycles. The maximum Gasteiger partial charge on any atom is 0.295 e. The van der Waals surface area contributed by atoms with Crippen molar-refractivity contribution in [2.24, 2.45) is 0 Å². The van der Waals surface area contributed by atoms with Crippen LogP contribution in [0.25, 0.3) is 5.76 Å². The lowest BCUT2D eigenvalue weighted by Gasteiger charge is -2.31. The summed E-state index contributed by atoms with van der Waals surface area (Å²) in [5.41, 5.74) is 3.36. The fourth-order valence-corrected chi connectivity index (χ4v) is 4.61. The summed E-state index contributed by atoms with van der Waals surface area (Å²) >= 11 is 0. The molecule has 7 nitrogen and oxygen atoms in total. The molecule has 0 radical (unpaired) electrons. The highest BCUT2D eigenvalue weighted by Gasteiger charge is 2.46. The van der Waals surface area contributed by atoms with Crippen molar-refractivity contribution in [3.63, 3.8) is 0 Å². The molecule has 1 atom stereocenters. The molecule has 2 aliphatic heterocycles. The van der Waals surface area contributed by atoms with E-state index >= 15 is 0 Å². The SMILES string of the molecule is CCCOc1ccc(C(O)=C2C(=O)C(=O)N(CCN3CCOCC3)[C@H]2c2ccc(C)cc2)cc1C. The number of Topliss-reactive ketones (excluding diaryl/α,β-unsaturated/α-hetero) is 1. The van der Waals surface area contributed by atoms with Gasteiger partial charge < -0.3 is 19.5 Å². The molecule has 2 aliphatic rings. The summed E-state index contributed by atoms with van der Waals surface area (Å²) in [5.74, 6) is -0.651. The predicted octanol–water partition coefficient (Wildman–Crippen LogP) is 3.85. The van der Waals surface area contributed by atoms with Crippen LogP contribution in [-0.2, 0) is 14.3 Å². The van der Waals surface area contributed by atoms with Gasteiger partial charge in [0.25, 0.3) is 11.7 Å². The molecular formula is C28H34N2O5. The number of benzene rings is 2. The number of rotatable bonds is 8. The minimum Gasteiger partial charge on any atom is -0.507 e. The predicted molar refractivity (Wildman–Crippen MR) is 134 cm³/mol. The van der Waals surface area contributed by atoms with Gasteiger partial charge in [0, 0.05) is 31.7 Å². The Morgan fingerprint density at radius 3 is 2.43 bits per heavy atom. The molecule has 2 fully saturated rings. The lowest BCUT2D eigenvalue weighted by atomic mass is 9.94. The van der Waals surface area contributed by atoms with Crippen molar-refractivity contribution < 1.29 is 24.2 Å². The van der Waals surface area contributed by atoms with Crippen LogP contribution in [0.1, 0.15) is 41.6 Å². The van der Waals surface area contributed by atoms with Gasteiger partial charge in [0.1, 0.15) is 11.5 Å². The van der Waals surface area contributed by atoms with Crippen molar-refractivity contribution in [3.05, 3.63) is 70.3 Å². The Morgan fingerprint density at radius 1 is 1.06 bits per heavy atom. The number of aryl methyl sites for hydroxylation is 2. The van der Waals surface area contributed by atoms with Crippen molar-refractivity contribution >= 4 is 17.4 Å². The highest BCUT2D eigenvalue weighted by molar-refractivity contribution is 6.46. The van der Waals surface area contributed by atoms with Crippen LogP contribution in [0, 0.1) is 13.8 Å². The summed E-state index contributed by atoms with van der Waals surface area (Å²) in [7, 11) is 0. The van der Waals surface area contributed by atoms with Crippen LogP contribution < -0.4 is 4.74 Å². The van der Waals surface area contributed by atoms with Crippen LogP contribution in [-0.4, -0.2) is 72.6 Å². The number of aliphatic hydroxyl groups is 1. The number of amides is 1. The van der Waals surface area contributed by atoms with Gasteiger partial charge in [0.2, 0.25) is 0 Å². The summed E-state index contributed by atoms with van der Waals surface area (Å²) in [4.78, 5) is 30.3. The third-order valence-electron chi connectivity index (χ3n) is 6.60. The van der Waals surface area contributed by atoms with Crippen LogP contribution in [0.15, 0.2) is 48.0 Å². The zero-order valence-corrected chi connectivity index (χ0v) is 20.8. The van der Waals surface area contributed by atoms with Crippen molar-refractivity contribution in [1.82, 2.24) is 9.80 Å². The summed E-state index contributed by atoms with van der Waals surface area (Å²) < 4.78 is 11.2. The number of ether oxygens (including phenoxy) is 2. The molecule has 0 bridgehead atoms. The Labute approximate surface area is 206 Å². The van der Waals surface area contributed by atoms with E-state index in [2.05, 4.69) is 4.90 Å². The Hall–Kier alpha value is -3.16. The number of ketones is 1. The fraction of sp³-hybridized carbons (Fsp3) is 0.429. The number of aliphatic hydroxyl groups excluding tert-OH is 1. The third-order valence-corrected chi connectivity index (χ3v) is 6.60. The number of carbonyl (C=O) groups excluding carboxylic acids is 2. The topological polar surface area (TPSA) is 79.3 Å². The van der Waals surface area contributed by atoms with E-state index in [1.165, 1.54) is 0 Å². The highest BCUT2D eigenvalue weighted by Crippen LogP contribution is 2.39. The molecule has 0 aliphatic carbocycles. The monoisotopic (exact) mass is 478 g/mol. The van der Waals surface area contributed by atoms with Crippen LogP contribution in [0.5, 0.6) is 5.75 Å². The highest BCUT2D eigenvalue weighted by atomic mass is 16.5. The van der Waals surface area contributed by atoms with Crippen molar-refractivity contribution in [2.75, 3.05) is 46.0 Å². The summed E-state index contributed by atoms with van der Waals surface area (Å²) in [6, 6.07) is 12.5. The van der Waals surface area contributed by atoms with Crippen molar-refractivity contribution in [3.8, 4) is 5.75 Å². The van der Waals surface area contributed by atoms with Gasteiger partial charge in [-0.25, -0.2) is 0 Å². The van der Waals surface area contributed by atoms with E-state index in [4.69, 9.17) is 9.47 Å². The average Bonchev–Trinajstić information content (AvgIpc) is 3.12. The van der Waals surface area contributed by atoms with Gasteiger partial charge in [-0.15, -0.1) is 0 Å². The van der Waals surface area contributed by atoms with Gasteiger partial charge in [-0.1, -0.05) is 36.8 Å². The van der Waals surface area contributed by atoms with E-state index in [1.807, 2.05) is 45.0 Å². The molecule has 2 saturated heterocycles. The minimum atomic E-state index is -0.654. The second-order valence-corrected chi connectivity index (χ2v) is 9.19. The quantitative estimate of drug-likeness (QED) is 0.353. The Bertz CT molecular complexity index is 1100. The zero-order valence-electron chi connectivity index (χ0n) is 20.8. The van der Waals surface area contributed by atoms with E-state index < -0.39 is 17.7 Å². The van der Waals surface area contributed by atoms with Crippen LogP contribution in [0.2, 0.25) is 0 Å². The largest absolute Gasteiger partial charge is 0.507 e. The van der Waals surface area contributed by atoms with E-state index in [1.54, 1.807) is 23.1 Å². The van der Waals surface area contributed by atoms with Gasteiger partial charge in [-0.2, -0.15) is 0 Å². The van der Waals surface area contributed by atoms with Crippen molar-refractivity contribution in [2.45, 2.75) is 33.2 Å². The number of nitrogens with zero attached hydrogens (tertiary/aromatic N) is 2. The summed E-state index contributed by atoms with van der Waals surface area (Å²) in [6.07, 6.45) is 0.894. The minimum absolute atomic E-state index is 0.127. The molecule has 1 N–H and O–H groups in total. The Balaban J connectivity index is 1.71. The fourth-order valence-electron chi connectivity index (χ4n) is 4.61. The number of carbonyl (C=O) groups is 2. The normalized spacial score (nSPS) is 20.4. The third kappa shape index (κ3) is 5.41. The molecular weight excluding hydrogens is 444 g/mol. The van der Waals surface area contributed by atoms with Crippen LogP contribution in [0.4, 0.5) is 0 Å². The van der Waals surface area contributed by atoms with E-state index in [0.717, 1.165) is 42.0 Å². The molecule has 2 aromatic carbocycles. The maximum absolute atomic E-state index is 13.3. The van der Waals surface area contributed by atoms with Gasteiger partial charge in [-0.3, -0.25) is 14.5 Å². The molecule has 35 heavy (non-hydrogen) atoms. The molecule has 0 spiro atoms. The molecule has 2 aromatic rings. The number of hydrogen-bond acceptors (Lipinski definition) is 6. The summed E-state index contributed by atoms with van der Waals surface area (Å²) in [6.45, 7) is 10.5. The molecule has 0 unspecified atom stereocenters. The number of likely N-dealkylation sites (tertiary alicyclic amines) is 1. The summed E-state index contributed by atoms with van der Waals surface area (Å²) in [5, 5.41) is 11.3. The Kier molecular flexibility index (Phi) is 7.88. The van der Waals surface area contributed by atoms with Gasteiger partial charge in [0.15, 0.2) is 0 Å². The van der Waals surface area contributed by atoms with E-state index in [0.29, 0.717) is 38.5 Å². The molecule has 7 heteroatoms. The second kappa shape index (κ2) is 11.1. The van der Waals surface area contributed by atoms with E-state index in [9.17, 15) is 14.7 Å². The smallest absolute Gasteiger partial charge is 0.295 e. The number of morpholine rings is 1. The first-order chi connectivity index (χ1) is 16.9. The molecule has 0 saturated carbocycles. The number of hydrogen-bond donors (Lipinski definition) is 1. The lowest BCUT2D eigenvalue weighted by Crippen LogP contribution is -2.42. The maximum atomic E-state index is 13.3. The first kappa shape index (κ1) is 24.9. The van der Waals surface area contributed by atoms with E-state index in [-0.39, 0.29) is 11.3 Å². The standard InChI is InChI=1S/C28H34N2O5/c1-4-15-35-23-10-9-22(18-20(23)3)26(31)24-25(21-7-5-19(2)6-8-21)30(28(33)27(24)32)12-11-29-13-16-34-17-14-29/h5-10,18,25,31H,4,11-17H2,1-3H3/t25-/m0/s1. The van der Waals surface area contributed by atoms with Gasteiger partial charge in [0.05, 0.1) is 31.4 Å². The van der Waals surface area contributed by atoms with Gasteiger partial charge >= 0.3 is 0 Å². The second-order valence-electron chi connectivity index (χ2n) is 9.19. The average molecular weight is 479 g/mol. The van der Waals surface area contributed by atoms with Crippen LogP contribution >= 0.6 is 0 Å².